The van der Waals surface area contributed by atoms with Crippen LogP contribution in [-0.2, 0) is 16.1 Å². The van der Waals surface area contributed by atoms with Gasteiger partial charge in [-0.1, -0.05) is 18.1 Å². The van der Waals surface area contributed by atoms with Crippen LogP contribution in [0, 0.1) is 23.6 Å². The Balaban J connectivity index is 0.660. The number of piperidine rings is 1. The second-order valence-electron chi connectivity index (χ2n) is 20.6. The fourth-order valence-corrected chi connectivity index (χ4v) is 11.9. The fraction of sp³-hybridized carbons (Fsp3) is 0.472. The third-order valence-corrected chi connectivity index (χ3v) is 16.0. The zero-order chi connectivity index (χ0) is 47.7. The van der Waals surface area contributed by atoms with Crippen LogP contribution in [0.3, 0.4) is 0 Å². The summed E-state index contributed by atoms with van der Waals surface area (Å²) in [5, 5.41) is 18.6. The van der Waals surface area contributed by atoms with Crippen LogP contribution in [0.4, 0.5) is 15.9 Å². The van der Waals surface area contributed by atoms with Gasteiger partial charge in [0.25, 0.3) is 5.91 Å². The van der Waals surface area contributed by atoms with Gasteiger partial charge in [0.1, 0.15) is 28.8 Å². The van der Waals surface area contributed by atoms with Gasteiger partial charge in [-0.3, -0.25) is 34.5 Å². The number of imide groups is 1. The van der Waals surface area contributed by atoms with E-state index in [1.54, 1.807) is 23.2 Å². The number of terminal acetylenes is 1. The lowest BCUT2D eigenvalue weighted by Crippen LogP contribution is -2.52. The number of phenolic OH excluding ortho intramolecular Hbond substituents is 1. The highest BCUT2D eigenvalue weighted by molar-refractivity contribution is 6.06. The van der Waals surface area contributed by atoms with Crippen LogP contribution in [0.5, 0.6) is 11.8 Å². The normalized spacial score (nSPS) is 23.8. The molecule has 0 spiro atoms. The van der Waals surface area contributed by atoms with Crippen molar-refractivity contribution in [1.82, 2.24) is 45.2 Å². The van der Waals surface area contributed by atoms with Crippen molar-refractivity contribution in [2.45, 2.75) is 63.2 Å². The molecule has 3 N–H and O–H groups in total. The number of benzene rings is 3. The molecule has 1 aliphatic carbocycles. The van der Waals surface area contributed by atoms with Crippen molar-refractivity contribution in [3.8, 4) is 35.4 Å². The number of anilines is 2. The molecule has 7 aliphatic rings. The number of rotatable bonds is 12. The molecule has 362 valence electrons. The van der Waals surface area contributed by atoms with Crippen molar-refractivity contribution in [3.63, 3.8) is 0 Å². The van der Waals surface area contributed by atoms with Gasteiger partial charge in [-0.05, 0) is 79.5 Å². The van der Waals surface area contributed by atoms with E-state index < -0.39 is 11.9 Å². The third kappa shape index (κ3) is 8.54. The lowest BCUT2D eigenvalue weighted by molar-refractivity contribution is -0.136. The number of phenols is 1. The number of ether oxygens (including phenoxy) is 1. The molecule has 5 aromatic rings. The van der Waals surface area contributed by atoms with Gasteiger partial charge in [0.05, 0.1) is 12.0 Å². The van der Waals surface area contributed by atoms with E-state index in [2.05, 4.69) is 52.1 Å². The molecule has 6 aliphatic heterocycles. The zero-order valence-corrected chi connectivity index (χ0v) is 39.3. The summed E-state index contributed by atoms with van der Waals surface area (Å²) in [6.45, 7) is 13.0. The maximum Gasteiger partial charge on any atom is 0.319 e. The first kappa shape index (κ1) is 44.7. The predicted octanol–water partition coefficient (Wildman–Crippen LogP) is 3.97. The van der Waals surface area contributed by atoms with Crippen LogP contribution >= 0.6 is 0 Å². The first-order valence-corrected chi connectivity index (χ1v) is 25.0. The van der Waals surface area contributed by atoms with E-state index in [4.69, 9.17) is 21.1 Å². The number of carbonyl (C=O) groups is 3. The lowest BCUT2D eigenvalue weighted by atomic mass is 9.96. The predicted molar refractivity (Wildman–Crippen MR) is 263 cm³/mol. The number of hydrogen-bond acceptors (Lipinski definition) is 14. The van der Waals surface area contributed by atoms with Crippen LogP contribution in [0.1, 0.15) is 60.0 Å². The minimum Gasteiger partial charge on any atom is -0.508 e. The Labute approximate surface area is 406 Å². The van der Waals surface area contributed by atoms with Gasteiger partial charge >= 0.3 is 6.01 Å². The Bertz CT molecular complexity index is 2950. The summed E-state index contributed by atoms with van der Waals surface area (Å²) >= 11 is 0. The molecule has 70 heavy (non-hydrogen) atoms. The van der Waals surface area contributed by atoms with E-state index in [-0.39, 0.29) is 52.5 Å². The number of aromatic hydroxyl groups is 1. The summed E-state index contributed by atoms with van der Waals surface area (Å²) in [6, 6.07) is 14.8. The van der Waals surface area contributed by atoms with Gasteiger partial charge < -0.3 is 34.8 Å². The minimum absolute atomic E-state index is 0.0101. The van der Waals surface area contributed by atoms with Crippen molar-refractivity contribution < 1.29 is 28.6 Å². The van der Waals surface area contributed by atoms with Crippen LogP contribution < -0.4 is 25.2 Å². The standard InChI is InChI=1S/C53H58FN11O5/c1-2-33-4-3-5-34-25-39(66)26-41(45(33)34)47-46(54)48-42(27-55-47)49(64-29-36-6-7-37(30-64)56-36)59-52(58-48)70-32-53(12-13-53)31-62-18-16-60(17-19-62)14-15-61-20-22-63(23-21-61)38-8-9-40-35(24-38)28-65(51(40)69)43-10-11-44(67)57-50(43)68/h1,3-5,8-9,24-27,36-37,43,56,66H,6-7,10-23,28-32H2,(H,57,67,68)/t36?,37?,43-/m0/s1. The average Bonchev–Trinajstić information content (AvgIpc) is 3.95. The first-order valence-electron chi connectivity index (χ1n) is 25.0. The molecule has 2 bridgehead atoms. The molecule has 12 rings (SSSR count). The topological polar surface area (TPSA) is 163 Å². The summed E-state index contributed by atoms with van der Waals surface area (Å²) in [5.74, 6) is 1.91. The molecule has 0 radical (unpaired) electrons. The van der Waals surface area contributed by atoms with Gasteiger partial charge in [0, 0.05) is 150 Å². The van der Waals surface area contributed by atoms with Gasteiger partial charge in [-0.25, -0.2) is 4.39 Å². The van der Waals surface area contributed by atoms with Crippen molar-refractivity contribution in [2.75, 3.05) is 101 Å². The highest BCUT2D eigenvalue weighted by Crippen LogP contribution is 2.47. The van der Waals surface area contributed by atoms with E-state index in [0.29, 0.717) is 70.3 Å². The lowest BCUT2D eigenvalue weighted by Gasteiger charge is -2.39. The molecule has 16 nitrogen and oxygen atoms in total. The number of nitrogens with zero attached hydrogens (tertiary/aromatic N) is 9. The first-order chi connectivity index (χ1) is 34.1. The second kappa shape index (κ2) is 18.1. The second-order valence-corrected chi connectivity index (χ2v) is 20.6. The van der Waals surface area contributed by atoms with Crippen molar-refractivity contribution in [2.24, 2.45) is 5.41 Å². The Morgan fingerprint density at radius 3 is 2.33 bits per heavy atom. The third-order valence-electron chi connectivity index (χ3n) is 16.0. The number of hydrogen-bond donors (Lipinski definition) is 3. The number of aromatic nitrogens is 3. The molecule has 3 amide bonds. The van der Waals surface area contributed by atoms with E-state index >= 15 is 4.39 Å². The Kier molecular flexibility index (Phi) is 11.5. The molecule has 17 heteroatoms. The summed E-state index contributed by atoms with van der Waals surface area (Å²) in [4.78, 5) is 65.7. The monoisotopic (exact) mass is 947 g/mol. The van der Waals surface area contributed by atoms with Crippen LogP contribution in [-0.4, -0.2) is 167 Å². The summed E-state index contributed by atoms with van der Waals surface area (Å²) in [5.41, 5.74) is 3.84. The number of pyridine rings is 1. The molecule has 3 aromatic carbocycles. The molecule has 3 atom stereocenters. The number of fused-ring (bicyclic) bond motifs is 5. The molecule has 8 heterocycles. The largest absolute Gasteiger partial charge is 0.508 e. The van der Waals surface area contributed by atoms with Gasteiger partial charge in [0.2, 0.25) is 11.8 Å². The molecule has 5 saturated heterocycles. The van der Waals surface area contributed by atoms with Crippen molar-refractivity contribution in [1.29, 1.82) is 0 Å². The smallest absolute Gasteiger partial charge is 0.319 e. The minimum atomic E-state index is -0.610. The quantitative estimate of drug-likeness (QED) is 0.122. The Morgan fingerprint density at radius 2 is 1.60 bits per heavy atom. The van der Waals surface area contributed by atoms with E-state index in [1.165, 1.54) is 6.07 Å². The number of carbonyl (C=O) groups excluding carboxylic acids is 3. The summed E-state index contributed by atoms with van der Waals surface area (Å²) in [6.07, 6.45) is 12.4. The van der Waals surface area contributed by atoms with Gasteiger partial charge in [-0.2, -0.15) is 9.97 Å². The Hall–Kier alpha value is -6.45. The summed E-state index contributed by atoms with van der Waals surface area (Å²) < 4.78 is 23.6. The highest BCUT2D eigenvalue weighted by atomic mass is 19.1. The maximum absolute atomic E-state index is 17.1. The average molecular weight is 948 g/mol. The number of amides is 3. The molecule has 6 fully saturated rings. The van der Waals surface area contributed by atoms with Gasteiger partial charge in [-0.15, -0.1) is 6.42 Å². The molecular weight excluding hydrogens is 890 g/mol. The zero-order valence-electron chi connectivity index (χ0n) is 39.3. The number of halogens is 1. The number of piperazine rings is 3. The maximum atomic E-state index is 17.1. The van der Waals surface area contributed by atoms with Crippen molar-refractivity contribution >= 4 is 50.9 Å². The van der Waals surface area contributed by atoms with Crippen LogP contribution in [0.2, 0.25) is 0 Å². The molecule has 2 unspecified atom stereocenters. The van der Waals surface area contributed by atoms with E-state index in [9.17, 15) is 19.5 Å². The molecular formula is C53H58FN11O5. The van der Waals surface area contributed by atoms with Gasteiger partial charge in [0.15, 0.2) is 5.82 Å². The fourth-order valence-electron chi connectivity index (χ4n) is 11.9. The number of nitrogens with one attached hydrogen (secondary N) is 2. The SMILES string of the molecule is C#Cc1cccc2cc(O)cc(-c3ncc4c(N5CC6CCC(C5)N6)nc(OCC5(CN6CCN(CCN7CCN(c8ccc9c(c8)CN([C@H]8CCC(=O)NC8=O)C9=O)CC7)CC6)CC5)nc4c3F)c12. The highest BCUT2D eigenvalue weighted by Gasteiger charge is 2.46. The molecule has 2 aromatic heterocycles. The van der Waals surface area contributed by atoms with Crippen LogP contribution in [0.15, 0.2) is 54.7 Å². The Morgan fingerprint density at radius 1 is 0.857 bits per heavy atom. The molecule has 1 saturated carbocycles. The van der Waals surface area contributed by atoms with Crippen molar-refractivity contribution in [3.05, 3.63) is 77.2 Å². The van der Waals surface area contributed by atoms with E-state index in [0.717, 1.165) is 122 Å². The van der Waals surface area contributed by atoms with E-state index in [1.807, 2.05) is 24.3 Å². The van der Waals surface area contributed by atoms with Crippen LogP contribution in [0.25, 0.3) is 32.9 Å². The summed E-state index contributed by atoms with van der Waals surface area (Å²) in [7, 11) is 0.